The zero-order valence-electron chi connectivity index (χ0n) is 19.5. The summed E-state index contributed by atoms with van der Waals surface area (Å²) in [6.45, 7) is 5.21. The molecular weight excluding hydrogens is 454 g/mol. The second kappa shape index (κ2) is 11.1. The number of benzene rings is 2. The zero-order chi connectivity index (χ0) is 24.1. The van der Waals surface area contributed by atoms with E-state index in [0.717, 1.165) is 69.8 Å². The lowest BCUT2D eigenvalue weighted by Crippen LogP contribution is -2.45. The molecule has 0 aliphatic carbocycles. The third kappa shape index (κ3) is 6.21. The molecule has 4 rings (SSSR count). The second-order valence-electron chi connectivity index (χ2n) is 9.15. The number of hydrogen-bond donors (Lipinski definition) is 2. The van der Waals surface area contributed by atoms with Crippen LogP contribution in [0.25, 0.3) is 0 Å². The number of nitrogens with zero attached hydrogens (tertiary/aromatic N) is 4. The molecule has 2 aromatic rings. The van der Waals surface area contributed by atoms with Crippen molar-refractivity contribution in [2.24, 2.45) is 16.8 Å². The van der Waals surface area contributed by atoms with Crippen LogP contribution in [0.1, 0.15) is 24.0 Å². The van der Waals surface area contributed by atoms with Crippen LogP contribution in [0.15, 0.2) is 41.5 Å². The Morgan fingerprint density at radius 2 is 1.68 bits per heavy atom. The maximum atomic E-state index is 15.3. The summed E-state index contributed by atoms with van der Waals surface area (Å²) >= 11 is 4.81. The average molecular weight is 487 g/mol. The summed E-state index contributed by atoms with van der Waals surface area (Å²) in [7, 11) is 2.11. The first kappa shape index (κ1) is 24.3. The molecule has 0 aromatic heterocycles. The van der Waals surface area contributed by atoms with Crippen molar-refractivity contribution < 1.29 is 8.78 Å². The molecule has 34 heavy (non-hydrogen) atoms. The van der Waals surface area contributed by atoms with Gasteiger partial charge in [-0.2, -0.15) is 5.10 Å². The predicted octanol–water partition coefficient (Wildman–Crippen LogP) is 3.34. The number of piperidine rings is 1. The number of nitrogens with two attached hydrogens (primary N) is 1. The molecule has 2 aromatic carbocycles. The fourth-order valence-corrected chi connectivity index (χ4v) is 4.78. The van der Waals surface area contributed by atoms with Crippen LogP contribution in [0.5, 0.6) is 0 Å². The van der Waals surface area contributed by atoms with Gasteiger partial charge in [-0.3, -0.25) is 5.43 Å². The molecule has 182 valence electrons. The smallest absolute Gasteiger partial charge is 0.184 e. The molecule has 3 N–H and O–H groups in total. The first-order valence-corrected chi connectivity index (χ1v) is 12.1. The molecule has 6 nitrogen and oxygen atoms in total. The highest BCUT2D eigenvalue weighted by molar-refractivity contribution is 7.80. The van der Waals surface area contributed by atoms with Crippen LogP contribution < -0.4 is 21.0 Å². The Bertz CT molecular complexity index is 1010. The van der Waals surface area contributed by atoms with E-state index >= 15 is 4.39 Å². The maximum Gasteiger partial charge on any atom is 0.184 e. The number of thiocarbonyl (C=S) groups is 1. The lowest BCUT2D eigenvalue weighted by Gasteiger charge is -2.37. The molecule has 0 radical (unpaired) electrons. The molecule has 0 bridgehead atoms. The average Bonchev–Trinajstić information content (AvgIpc) is 2.82. The summed E-state index contributed by atoms with van der Waals surface area (Å²) in [5.41, 5.74) is 11.5. The number of likely N-dealkylation sites (N-methyl/N-ethyl adjacent to an activating group) is 1. The van der Waals surface area contributed by atoms with E-state index in [0.29, 0.717) is 17.2 Å². The molecule has 9 heteroatoms. The van der Waals surface area contributed by atoms with E-state index in [-0.39, 0.29) is 16.7 Å². The van der Waals surface area contributed by atoms with Crippen molar-refractivity contribution in [2.75, 3.05) is 56.1 Å². The van der Waals surface area contributed by atoms with Gasteiger partial charge in [0, 0.05) is 50.5 Å². The van der Waals surface area contributed by atoms with Crippen LogP contribution in [0, 0.1) is 17.6 Å². The van der Waals surface area contributed by atoms with Crippen molar-refractivity contribution >= 4 is 34.9 Å². The number of rotatable bonds is 6. The minimum absolute atomic E-state index is 0.0676. The third-order valence-electron chi connectivity index (χ3n) is 6.71. The standard InChI is InChI=1S/C25H32F2N6S/c1-31-10-12-33(13-11-31)23-16-24(22(27)15-20(23)17-29-30-25(28)34)32-8-6-19(7-9-32)14-18-2-4-21(26)5-3-18/h2-5,15-17,19H,6-14H2,1H3,(H3,28,30,34)/b29-17+. The van der Waals surface area contributed by atoms with E-state index in [1.54, 1.807) is 12.3 Å². The molecule has 2 heterocycles. The molecule has 2 aliphatic heterocycles. The Labute approximate surface area is 205 Å². The van der Waals surface area contributed by atoms with Crippen molar-refractivity contribution in [3.05, 3.63) is 59.2 Å². The molecular formula is C25H32F2N6S. The fraction of sp³-hybridized carbons (Fsp3) is 0.440. The Kier molecular flexibility index (Phi) is 7.95. The minimum Gasteiger partial charge on any atom is -0.375 e. The number of anilines is 2. The maximum absolute atomic E-state index is 15.3. The molecule has 0 spiro atoms. The van der Waals surface area contributed by atoms with Crippen LogP contribution in [0.3, 0.4) is 0 Å². The molecule has 0 amide bonds. The van der Waals surface area contributed by atoms with E-state index in [9.17, 15) is 4.39 Å². The lowest BCUT2D eigenvalue weighted by atomic mass is 9.90. The van der Waals surface area contributed by atoms with Crippen LogP contribution >= 0.6 is 12.2 Å². The molecule has 0 unspecified atom stereocenters. The number of hydrogen-bond acceptors (Lipinski definition) is 5. The van der Waals surface area contributed by atoms with Gasteiger partial charge in [-0.25, -0.2) is 8.78 Å². The minimum atomic E-state index is -0.258. The fourth-order valence-electron chi connectivity index (χ4n) is 4.73. The predicted molar refractivity (Wildman–Crippen MR) is 139 cm³/mol. The highest BCUT2D eigenvalue weighted by Crippen LogP contribution is 2.33. The number of piperazine rings is 1. The summed E-state index contributed by atoms with van der Waals surface area (Å²) < 4.78 is 28.5. The number of halogens is 2. The Morgan fingerprint density at radius 3 is 2.32 bits per heavy atom. The first-order chi connectivity index (χ1) is 16.4. The van der Waals surface area contributed by atoms with Crippen molar-refractivity contribution in [2.45, 2.75) is 19.3 Å². The van der Waals surface area contributed by atoms with Crippen molar-refractivity contribution in [1.29, 1.82) is 0 Å². The molecule has 2 aliphatic rings. The first-order valence-electron chi connectivity index (χ1n) is 11.7. The SMILES string of the molecule is CN1CCN(c2cc(N3CCC(Cc4ccc(F)cc4)CC3)c(F)cc2/C=N/NC(N)=S)CC1. The number of hydrazone groups is 1. The third-order valence-corrected chi connectivity index (χ3v) is 6.80. The highest BCUT2D eigenvalue weighted by atomic mass is 32.1. The highest BCUT2D eigenvalue weighted by Gasteiger charge is 2.25. The Morgan fingerprint density at radius 1 is 1.03 bits per heavy atom. The van der Waals surface area contributed by atoms with Crippen LogP contribution in [-0.4, -0.2) is 62.5 Å². The van der Waals surface area contributed by atoms with E-state index in [1.807, 2.05) is 18.2 Å². The van der Waals surface area contributed by atoms with Crippen LogP contribution in [0.2, 0.25) is 0 Å². The van der Waals surface area contributed by atoms with Gasteiger partial charge in [-0.15, -0.1) is 0 Å². The zero-order valence-corrected chi connectivity index (χ0v) is 20.3. The van der Waals surface area contributed by atoms with Gasteiger partial charge in [0.05, 0.1) is 11.9 Å². The summed E-state index contributed by atoms with van der Waals surface area (Å²) in [5, 5.41) is 4.14. The van der Waals surface area contributed by atoms with Crippen molar-refractivity contribution in [1.82, 2.24) is 10.3 Å². The lowest BCUT2D eigenvalue weighted by molar-refractivity contribution is 0.313. The van der Waals surface area contributed by atoms with Gasteiger partial charge in [0.15, 0.2) is 5.11 Å². The Balaban J connectivity index is 1.50. The molecule has 2 fully saturated rings. The van der Waals surface area contributed by atoms with Gasteiger partial charge in [-0.05, 0) is 74.3 Å². The normalized spacial score (nSPS) is 18.0. The second-order valence-corrected chi connectivity index (χ2v) is 9.59. The van der Waals surface area contributed by atoms with E-state index < -0.39 is 0 Å². The van der Waals surface area contributed by atoms with E-state index in [1.165, 1.54) is 12.1 Å². The van der Waals surface area contributed by atoms with Crippen LogP contribution in [-0.2, 0) is 6.42 Å². The number of nitrogens with one attached hydrogen (secondary N) is 1. The van der Waals surface area contributed by atoms with Gasteiger partial charge in [-0.1, -0.05) is 12.1 Å². The van der Waals surface area contributed by atoms with E-state index in [4.69, 9.17) is 18.0 Å². The largest absolute Gasteiger partial charge is 0.375 e. The summed E-state index contributed by atoms with van der Waals surface area (Å²) in [4.78, 5) is 6.71. The monoisotopic (exact) mass is 486 g/mol. The molecule has 2 saturated heterocycles. The van der Waals surface area contributed by atoms with Crippen molar-refractivity contribution in [3.63, 3.8) is 0 Å². The summed E-state index contributed by atoms with van der Waals surface area (Å²) in [6.07, 6.45) is 4.45. The van der Waals surface area contributed by atoms with E-state index in [2.05, 4.69) is 32.3 Å². The Hall–Kier alpha value is -2.78. The van der Waals surface area contributed by atoms with Gasteiger partial charge >= 0.3 is 0 Å². The quantitative estimate of drug-likeness (QED) is 0.371. The van der Waals surface area contributed by atoms with Gasteiger partial charge in [0.1, 0.15) is 11.6 Å². The van der Waals surface area contributed by atoms with Gasteiger partial charge in [0.25, 0.3) is 0 Å². The topological polar surface area (TPSA) is 60.1 Å². The van der Waals surface area contributed by atoms with Crippen molar-refractivity contribution in [3.8, 4) is 0 Å². The van der Waals surface area contributed by atoms with Gasteiger partial charge < -0.3 is 20.4 Å². The summed E-state index contributed by atoms with van der Waals surface area (Å²) in [5.74, 6) is 0.0475. The van der Waals surface area contributed by atoms with Gasteiger partial charge in [0.2, 0.25) is 0 Å². The summed E-state index contributed by atoms with van der Waals surface area (Å²) in [6, 6.07) is 10.3. The molecule has 0 saturated carbocycles. The van der Waals surface area contributed by atoms with Crippen LogP contribution in [0.4, 0.5) is 20.2 Å². The molecule has 0 atom stereocenters.